The van der Waals surface area contributed by atoms with E-state index >= 15 is 0 Å². The summed E-state index contributed by atoms with van der Waals surface area (Å²) in [4.78, 5) is 0. The van der Waals surface area contributed by atoms with Crippen molar-refractivity contribution in [2.75, 3.05) is 26.2 Å². The van der Waals surface area contributed by atoms with Crippen LogP contribution in [0.4, 0.5) is 0 Å². The van der Waals surface area contributed by atoms with E-state index in [0.29, 0.717) is 0 Å². The van der Waals surface area contributed by atoms with Crippen LogP contribution in [0.3, 0.4) is 0 Å². The Morgan fingerprint density at radius 1 is 0.186 bits per heavy atom. The lowest BCUT2D eigenvalue weighted by molar-refractivity contribution is -0.929. The zero-order valence-corrected chi connectivity index (χ0v) is 31.3. The second-order valence-corrected chi connectivity index (χ2v) is 14.8. The van der Waals surface area contributed by atoms with E-state index < -0.39 is 0 Å². The molecule has 0 amide bonds. The maximum Gasteiger partial charge on any atom is 0.0786 e. The highest BCUT2D eigenvalue weighted by Crippen LogP contribution is 2.21. The molecule has 0 bridgehead atoms. The molecule has 0 aliphatic rings. The Bertz CT molecular complexity index is 441. The highest BCUT2D eigenvalue weighted by Gasteiger charge is 2.25. The van der Waals surface area contributed by atoms with Gasteiger partial charge in [-0.3, -0.25) is 0 Å². The largest absolute Gasteiger partial charge is 0.324 e. The summed E-state index contributed by atoms with van der Waals surface area (Å²) in [6.45, 7) is 15.3. The highest BCUT2D eigenvalue weighted by molar-refractivity contribution is 4.56. The molecule has 0 aromatic heterocycles. The fourth-order valence-corrected chi connectivity index (χ4v) is 7.35. The van der Waals surface area contributed by atoms with Crippen molar-refractivity contribution in [2.24, 2.45) is 0 Å². The molecule has 0 aliphatic carbocycles. The molecule has 0 atom stereocenters. The van der Waals surface area contributed by atoms with Crippen LogP contribution < -0.4 is 0 Å². The van der Waals surface area contributed by atoms with Gasteiger partial charge in [-0.25, -0.2) is 0 Å². The first kappa shape index (κ1) is 43.0. The third-order valence-corrected chi connectivity index (χ3v) is 10.4. The normalized spacial score (nSPS) is 12.0. The number of unbranched alkanes of at least 4 members (excludes halogenated alkanes) is 30. The molecule has 0 fully saturated rings. The van der Waals surface area contributed by atoms with Crippen molar-refractivity contribution in [3.8, 4) is 0 Å². The quantitative estimate of drug-likeness (QED) is 0.0484. The lowest BCUT2D eigenvalue weighted by Crippen LogP contribution is -2.50. The van der Waals surface area contributed by atoms with Crippen molar-refractivity contribution >= 4 is 0 Å². The number of nitrogens with zero attached hydrogens (tertiary/aromatic N) is 1. The van der Waals surface area contributed by atoms with Gasteiger partial charge in [-0.15, -0.1) is 0 Å². The molecule has 0 rings (SSSR count). The molecule has 0 aliphatic heterocycles. The molecule has 260 valence electrons. The number of rotatable bonds is 38. The van der Waals surface area contributed by atoms with Crippen LogP contribution >= 0.6 is 0 Å². The fourth-order valence-electron chi connectivity index (χ4n) is 7.35. The zero-order valence-electron chi connectivity index (χ0n) is 31.3. The lowest BCUT2D eigenvalue weighted by atomic mass is 10.0. The highest BCUT2D eigenvalue weighted by atomic mass is 15.3. The molecule has 0 spiro atoms. The summed E-state index contributed by atoms with van der Waals surface area (Å²) in [6.07, 6.45) is 49.7. The van der Waals surface area contributed by atoms with Crippen LogP contribution in [-0.4, -0.2) is 30.7 Å². The monoisotopic (exact) mass is 607 g/mol. The second-order valence-electron chi connectivity index (χ2n) is 14.8. The van der Waals surface area contributed by atoms with E-state index in [-0.39, 0.29) is 0 Å². The Labute approximate surface area is 276 Å². The van der Waals surface area contributed by atoms with Gasteiger partial charge in [0.05, 0.1) is 26.2 Å². The molecular weight excluding hydrogens is 518 g/mol. The van der Waals surface area contributed by atoms with Gasteiger partial charge in [0.25, 0.3) is 0 Å². The average molecular weight is 607 g/mol. The first-order valence-corrected chi connectivity index (χ1v) is 21.1. The lowest BCUT2D eigenvalue weighted by Gasteiger charge is -2.40. The topological polar surface area (TPSA) is 0 Å². The minimum atomic E-state index is 1.37. The van der Waals surface area contributed by atoms with Crippen LogP contribution in [0.15, 0.2) is 0 Å². The van der Waals surface area contributed by atoms with Crippen molar-refractivity contribution in [3.63, 3.8) is 0 Å². The third kappa shape index (κ3) is 31.7. The summed E-state index contributed by atoms with van der Waals surface area (Å²) in [6, 6.07) is 0. The molecule has 43 heavy (non-hydrogen) atoms. The van der Waals surface area contributed by atoms with E-state index in [1.54, 1.807) is 0 Å². The van der Waals surface area contributed by atoms with E-state index in [0.717, 1.165) is 0 Å². The van der Waals surface area contributed by atoms with E-state index in [9.17, 15) is 0 Å². The van der Waals surface area contributed by atoms with Crippen molar-refractivity contribution in [1.29, 1.82) is 0 Å². The number of quaternary nitrogens is 1. The molecule has 0 N–H and O–H groups in total. The smallest absolute Gasteiger partial charge is 0.0786 e. The molecular formula is C42H88N+. The van der Waals surface area contributed by atoms with Gasteiger partial charge in [0.2, 0.25) is 0 Å². The van der Waals surface area contributed by atoms with Gasteiger partial charge in [0.15, 0.2) is 0 Å². The van der Waals surface area contributed by atoms with Crippen LogP contribution in [0.25, 0.3) is 0 Å². The third-order valence-electron chi connectivity index (χ3n) is 10.4. The van der Waals surface area contributed by atoms with Crippen molar-refractivity contribution in [1.82, 2.24) is 0 Å². The standard InChI is InChI=1S/C42H88N/c1-5-9-13-17-19-21-23-25-27-29-33-37-41-43(39-35-31-15-11-7-3,40-36-32-16-12-8-4)42-38-34-30-28-26-24-22-20-18-14-10-6-2/h5-42H2,1-4H3/q+1. The second kappa shape index (κ2) is 36.4. The van der Waals surface area contributed by atoms with Gasteiger partial charge < -0.3 is 4.48 Å². The van der Waals surface area contributed by atoms with Crippen LogP contribution in [0.5, 0.6) is 0 Å². The average Bonchev–Trinajstić information content (AvgIpc) is 3.02. The first-order chi connectivity index (χ1) is 21.2. The van der Waals surface area contributed by atoms with Crippen LogP contribution in [-0.2, 0) is 0 Å². The Balaban J connectivity index is 4.54. The minimum absolute atomic E-state index is 1.37. The van der Waals surface area contributed by atoms with Crippen molar-refractivity contribution < 1.29 is 4.48 Å². The SMILES string of the molecule is CCCCCCCCCCCCCC[N+](CCCCCCC)(CCCCCCC)CCCCCCCCCCCCCC. The summed E-state index contributed by atoms with van der Waals surface area (Å²) in [5.74, 6) is 0. The minimum Gasteiger partial charge on any atom is -0.324 e. The molecule has 0 unspecified atom stereocenters. The Morgan fingerprint density at radius 3 is 0.488 bits per heavy atom. The summed E-state index contributed by atoms with van der Waals surface area (Å²) in [5, 5.41) is 0. The number of hydrogen-bond donors (Lipinski definition) is 0. The van der Waals surface area contributed by atoms with E-state index in [4.69, 9.17) is 0 Å². The van der Waals surface area contributed by atoms with Crippen molar-refractivity contribution in [2.45, 2.75) is 246 Å². The van der Waals surface area contributed by atoms with Crippen LogP contribution in [0.2, 0.25) is 0 Å². The molecule has 1 nitrogen and oxygen atoms in total. The van der Waals surface area contributed by atoms with Crippen LogP contribution in [0, 0.1) is 0 Å². The summed E-state index contributed by atoms with van der Waals surface area (Å²) < 4.78 is 1.48. The fraction of sp³-hybridized carbons (Fsp3) is 1.00. The molecule has 0 aromatic carbocycles. The predicted octanol–water partition coefficient (Wildman–Crippen LogP) is 15.1. The Kier molecular flexibility index (Phi) is 36.4. The zero-order chi connectivity index (χ0) is 31.4. The molecule has 0 saturated carbocycles. The van der Waals surface area contributed by atoms with E-state index in [2.05, 4.69) is 27.7 Å². The van der Waals surface area contributed by atoms with Gasteiger partial charge in [-0.05, 0) is 51.4 Å². The summed E-state index contributed by atoms with van der Waals surface area (Å²) in [7, 11) is 0. The van der Waals surface area contributed by atoms with E-state index in [1.807, 2.05) is 0 Å². The van der Waals surface area contributed by atoms with E-state index in [1.165, 1.54) is 249 Å². The van der Waals surface area contributed by atoms with Crippen molar-refractivity contribution in [3.05, 3.63) is 0 Å². The summed E-state index contributed by atoms with van der Waals surface area (Å²) >= 11 is 0. The van der Waals surface area contributed by atoms with Gasteiger partial charge in [0.1, 0.15) is 0 Å². The maximum atomic E-state index is 2.36. The molecule has 1 heteroatoms. The molecule has 0 radical (unpaired) electrons. The van der Waals surface area contributed by atoms with Crippen LogP contribution in [0.1, 0.15) is 246 Å². The predicted molar refractivity (Wildman–Crippen MR) is 199 cm³/mol. The maximum absolute atomic E-state index is 2.36. The molecule has 0 heterocycles. The Morgan fingerprint density at radius 2 is 0.326 bits per heavy atom. The first-order valence-electron chi connectivity index (χ1n) is 21.1. The van der Waals surface area contributed by atoms with Gasteiger partial charge in [0, 0.05) is 0 Å². The molecule has 0 aromatic rings. The van der Waals surface area contributed by atoms with Gasteiger partial charge in [-0.2, -0.15) is 0 Å². The summed E-state index contributed by atoms with van der Waals surface area (Å²) in [5.41, 5.74) is 0. The van der Waals surface area contributed by atoms with Gasteiger partial charge >= 0.3 is 0 Å². The Hall–Kier alpha value is -0.0400. The number of hydrogen-bond acceptors (Lipinski definition) is 0. The molecule has 0 saturated heterocycles. The van der Waals surface area contributed by atoms with Gasteiger partial charge in [-0.1, -0.05) is 195 Å².